The van der Waals surface area contributed by atoms with E-state index in [4.69, 9.17) is 11.6 Å². The summed E-state index contributed by atoms with van der Waals surface area (Å²) in [5.41, 5.74) is 1.61. The monoisotopic (exact) mass is 487 g/mol. The highest BCUT2D eigenvalue weighted by Gasteiger charge is 2.27. The van der Waals surface area contributed by atoms with Gasteiger partial charge in [-0.3, -0.25) is 14.3 Å². The van der Waals surface area contributed by atoms with Crippen LogP contribution in [0.4, 0.5) is 5.69 Å². The van der Waals surface area contributed by atoms with Crippen molar-refractivity contribution in [2.75, 3.05) is 5.32 Å². The smallest absolute Gasteiger partial charge is 0.247 e. The van der Waals surface area contributed by atoms with Crippen LogP contribution >= 0.6 is 23.5 Å². The quantitative estimate of drug-likeness (QED) is 0.400. The maximum Gasteiger partial charge on any atom is 0.247 e. The Balaban J connectivity index is 1.67. The highest BCUT2D eigenvalue weighted by atomic mass is 35.5. The van der Waals surface area contributed by atoms with Crippen LogP contribution in [0.5, 0.6) is 0 Å². The number of rotatable bonds is 8. The van der Waals surface area contributed by atoms with Crippen LogP contribution < -0.4 is 15.4 Å². The predicted octanol–water partition coefficient (Wildman–Crippen LogP) is 5.98. The van der Waals surface area contributed by atoms with Gasteiger partial charge in [-0.2, -0.15) is 0 Å². The average Bonchev–Trinajstić information content (AvgIpc) is 2.78. The summed E-state index contributed by atoms with van der Waals surface area (Å²) in [7, 11) is 0. The van der Waals surface area contributed by atoms with E-state index in [1.54, 1.807) is 18.0 Å². The minimum absolute atomic E-state index is 0.00164. The Hall–Kier alpha value is -2.02. The number of hydrogen-bond acceptors (Lipinski definition) is 4. The first-order valence-corrected chi connectivity index (χ1v) is 12.8. The third kappa shape index (κ3) is 8.69. The van der Waals surface area contributed by atoms with Crippen LogP contribution in [-0.4, -0.2) is 23.4 Å². The van der Waals surface area contributed by atoms with Gasteiger partial charge in [-0.1, -0.05) is 43.0 Å². The number of benzene rings is 2. The number of amides is 2. The van der Waals surface area contributed by atoms with Crippen LogP contribution in [0.25, 0.3) is 0 Å². The minimum Gasteiger partial charge on any atom is -0.344 e. The Bertz CT molecular complexity index is 937. The number of hydrogen-bond donors (Lipinski definition) is 3. The van der Waals surface area contributed by atoms with E-state index in [0.29, 0.717) is 17.1 Å². The fourth-order valence-corrected chi connectivity index (χ4v) is 4.72. The lowest BCUT2D eigenvalue weighted by Crippen LogP contribution is -2.47. The minimum atomic E-state index is -0.672. The van der Waals surface area contributed by atoms with Crippen molar-refractivity contribution in [1.29, 1.82) is 0 Å². The molecule has 0 saturated heterocycles. The summed E-state index contributed by atoms with van der Waals surface area (Å²) >= 11 is 7.70. The topological polar surface area (TPSA) is 70.2 Å². The number of carbonyl (C=O) groups is 2. The summed E-state index contributed by atoms with van der Waals surface area (Å²) in [6, 6.07) is 14.4. The third-order valence-electron chi connectivity index (χ3n) is 5.53. The second-order valence-electron chi connectivity index (χ2n) is 9.70. The van der Waals surface area contributed by atoms with Crippen LogP contribution in [0.15, 0.2) is 53.4 Å². The zero-order valence-corrected chi connectivity index (χ0v) is 21.2. The maximum absolute atomic E-state index is 13.2. The van der Waals surface area contributed by atoms with Gasteiger partial charge in [0, 0.05) is 33.5 Å². The second-order valence-corrected chi connectivity index (χ2v) is 11.0. The summed E-state index contributed by atoms with van der Waals surface area (Å²) in [4.78, 5) is 27.1. The molecule has 5 nitrogen and oxygen atoms in total. The predicted molar refractivity (Wildman–Crippen MR) is 137 cm³/mol. The molecular formula is C26H34ClN3O2S. The fraction of sp³-hybridized carbons (Fsp3) is 0.462. The molecule has 3 N–H and O–H groups in total. The van der Waals surface area contributed by atoms with Gasteiger partial charge in [0.1, 0.15) is 6.04 Å². The van der Waals surface area contributed by atoms with E-state index in [2.05, 4.69) is 36.1 Å². The first kappa shape index (κ1) is 25.6. The van der Waals surface area contributed by atoms with Gasteiger partial charge in [0.25, 0.3) is 0 Å². The SMILES string of the molecule is CC(C)(C)NSc1ccc(NC(=O)[C@H](Cc2cccc(Cl)c2)NC(=O)C2CCCCC2)cc1. The average molecular weight is 488 g/mol. The molecule has 2 aromatic carbocycles. The van der Waals surface area contributed by atoms with E-state index in [1.807, 2.05) is 42.5 Å². The number of halogens is 1. The summed E-state index contributed by atoms with van der Waals surface area (Å²) in [6.45, 7) is 6.32. The Kier molecular flexibility index (Phi) is 9.24. The lowest BCUT2D eigenvalue weighted by molar-refractivity contribution is -0.130. The van der Waals surface area contributed by atoms with Crippen molar-refractivity contribution in [3.05, 3.63) is 59.1 Å². The number of nitrogens with one attached hydrogen (secondary N) is 3. The molecule has 1 aliphatic rings. The largest absolute Gasteiger partial charge is 0.344 e. The van der Waals surface area contributed by atoms with E-state index in [-0.39, 0.29) is 23.3 Å². The van der Waals surface area contributed by atoms with E-state index in [0.717, 1.165) is 36.1 Å². The van der Waals surface area contributed by atoms with Crippen molar-refractivity contribution in [2.24, 2.45) is 5.92 Å². The van der Waals surface area contributed by atoms with Crippen LogP contribution in [0, 0.1) is 5.92 Å². The zero-order chi connectivity index (χ0) is 23.8. The van der Waals surface area contributed by atoms with Crippen LogP contribution in [0.1, 0.15) is 58.4 Å². The van der Waals surface area contributed by atoms with Gasteiger partial charge < -0.3 is 10.6 Å². The molecule has 0 aliphatic heterocycles. The van der Waals surface area contributed by atoms with Crippen LogP contribution in [0.3, 0.4) is 0 Å². The zero-order valence-electron chi connectivity index (χ0n) is 19.6. The summed E-state index contributed by atoms with van der Waals surface area (Å²) < 4.78 is 3.37. The molecule has 7 heteroatoms. The second kappa shape index (κ2) is 11.9. The van der Waals surface area contributed by atoms with Gasteiger partial charge in [-0.05, 0) is 87.5 Å². The molecular weight excluding hydrogens is 454 g/mol. The van der Waals surface area contributed by atoms with Crippen molar-refractivity contribution >= 4 is 41.1 Å². The number of carbonyl (C=O) groups excluding carboxylic acids is 2. The molecule has 33 heavy (non-hydrogen) atoms. The molecule has 0 radical (unpaired) electrons. The molecule has 3 rings (SSSR count). The highest BCUT2D eigenvalue weighted by Crippen LogP contribution is 2.24. The van der Waals surface area contributed by atoms with Gasteiger partial charge in [0.2, 0.25) is 11.8 Å². The Morgan fingerprint density at radius 2 is 1.76 bits per heavy atom. The lowest BCUT2D eigenvalue weighted by Gasteiger charge is -2.25. The first-order chi connectivity index (χ1) is 15.7. The molecule has 0 bridgehead atoms. The van der Waals surface area contributed by atoms with E-state index in [1.165, 1.54) is 6.42 Å². The summed E-state index contributed by atoms with van der Waals surface area (Å²) in [5.74, 6) is -0.274. The van der Waals surface area contributed by atoms with Crippen LogP contribution in [-0.2, 0) is 16.0 Å². The van der Waals surface area contributed by atoms with Crippen molar-refractivity contribution < 1.29 is 9.59 Å². The van der Waals surface area contributed by atoms with Gasteiger partial charge in [-0.15, -0.1) is 0 Å². The third-order valence-corrected chi connectivity index (χ3v) is 6.99. The van der Waals surface area contributed by atoms with E-state index >= 15 is 0 Å². The van der Waals surface area contributed by atoms with Gasteiger partial charge >= 0.3 is 0 Å². The molecule has 1 fully saturated rings. The molecule has 0 aromatic heterocycles. The number of anilines is 1. The van der Waals surface area contributed by atoms with E-state index < -0.39 is 6.04 Å². The van der Waals surface area contributed by atoms with Crippen LogP contribution in [0.2, 0.25) is 5.02 Å². The standard InChI is InChI=1S/C26H34ClN3O2S/c1-26(2,3)30-33-22-14-12-21(13-15-22)28-25(32)23(17-18-8-7-11-20(27)16-18)29-24(31)19-9-5-4-6-10-19/h7-8,11-16,19,23,30H,4-6,9-10,17H2,1-3H3,(H,28,32)(H,29,31)/t23-/m0/s1. The Morgan fingerprint density at radius 3 is 2.39 bits per heavy atom. The van der Waals surface area contributed by atoms with Crippen molar-refractivity contribution in [1.82, 2.24) is 10.0 Å². The lowest BCUT2D eigenvalue weighted by atomic mass is 9.88. The summed E-state index contributed by atoms with van der Waals surface area (Å²) in [5, 5.41) is 6.60. The maximum atomic E-state index is 13.2. The molecule has 2 amide bonds. The molecule has 1 aliphatic carbocycles. The van der Waals surface area contributed by atoms with Gasteiger partial charge in [0.05, 0.1) is 0 Å². The molecule has 1 saturated carbocycles. The normalized spacial score (nSPS) is 15.6. The molecule has 0 heterocycles. The Labute approximate surface area is 206 Å². The first-order valence-electron chi connectivity index (χ1n) is 11.6. The molecule has 0 unspecified atom stereocenters. The molecule has 0 spiro atoms. The molecule has 1 atom stereocenters. The van der Waals surface area contributed by atoms with E-state index in [9.17, 15) is 9.59 Å². The molecule has 178 valence electrons. The fourth-order valence-electron chi connectivity index (χ4n) is 3.81. The van der Waals surface area contributed by atoms with Gasteiger partial charge in [0.15, 0.2) is 0 Å². The highest BCUT2D eigenvalue weighted by molar-refractivity contribution is 7.97. The van der Waals surface area contributed by atoms with Gasteiger partial charge in [-0.25, -0.2) is 0 Å². The Morgan fingerprint density at radius 1 is 1.06 bits per heavy atom. The van der Waals surface area contributed by atoms with Crippen molar-refractivity contribution in [3.63, 3.8) is 0 Å². The van der Waals surface area contributed by atoms with Crippen molar-refractivity contribution in [3.8, 4) is 0 Å². The molecule has 2 aromatic rings. The van der Waals surface area contributed by atoms with Crippen molar-refractivity contribution in [2.45, 2.75) is 75.8 Å². The summed E-state index contributed by atoms with van der Waals surface area (Å²) in [6.07, 6.45) is 5.47.